The zero-order chi connectivity index (χ0) is 14.2. The Kier molecular flexibility index (Phi) is 3.57. The molecular weight excluding hydrogens is 284 g/mol. The normalized spacial score (nSPS) is 29.7. The average molecular weight is 304 g/mol. The first-order valence-electron chi connectivity index (χ1n) is 7.59. The number of fused-ring (bicyclic) bond motifs is 1. The van der Waals surface area contributed by atoms with Gasteiger partial charge in [-0.3, -0.25) is 4.90 Å². The fourth-order valence-electron chi connectivity index (χ4n) is 3.46. The largest absolute Gasteiger partial charge is 0.472 e. The summed E-state index contributed by atoms with van der Waals surface area (Å²) in [5.41, 5.74) is 2.36. The van der Waals surface area contributed by atoms with E-state index in [1.165, 1.54) is 12.0 Å². The van der Waals surface area contributed by atoms with Gasteiger partial charge in [0.1, 0.15) is 11.1 Å². The van der Waals surface area contributed by atoms with Crippen LogP contribution in [0.4, 0.5) is 0 Å². The van der Waals surface area contributed by atoms with Crippen LogP contribution < -0.4 is 0 Å². The number of thiazole rings is 1. The SMILES string of the molecule is Cc1csc([C@@H]2C[C@H]3CCN(Cc4ccoc4)C[C@@H]3O2)n1. The first-order chi connectivity index (χ1) is 10.3. The second-order valence-electron chi connectivity index (χ2n) is 6.14. The van der Waals surface area contributed by atoms with Gasteiger partial charge in [-0.05, 0) is 38.3 Å². The van der Waals surface area contributed by atoms with Crippen molar-refractivity contribution in [3.05, 3.63) is 40.2 Å². The lowest BCUT2D eigenvalue weighted by Crippen LogP contribution is -2.41. The van der Waals surface area contributed by atoms with Crippen LogP contribution >= 0.6 is 11.3 Å². The third-order valence-corrected chi connectivity index (χ3v) is 5.59. The van der Waals surface area contributed by atoms with Crippen molar-refractivity contribution in [2.45, 2.75) is 38.5 Å². The number of nitrogens with zero attached hydrogens (tertiary/aromatic N) is 2. The van der Waals surface area contributed by atoms with Gasteiger partial charge in [0.2, 0.25) is 0 Å². The fourth-order valence-corrected chi connectivity index (χ4v) is 4.30. The summed E-state index contributed by atoms with van der Waals surface area (Å²) < 4.78 is 11.5. The van der Waals surface area contributed by atoms with Crippen LogP contribution in [-0.4, -0.2) is 29.1 Å². The molecule has 0 amide bonds. The smallest absolute Gasteiger partial charge is 0.122 e. The third-order valence-electron chi connectivity index (χ3n) is 4.53. The summed E-state index contributed by atoms with van der Waals surface area (Å²) in [4.78, 5) is 7.07. The van der Waals surface area contributed by atoms with Gasteiger partial charge in [-0.25, -0.2) is 4.98 Å². The second-order valence-corrected chi connectivity index (χ2v) is 7.03. The Bertz CT molecular complexity index is 595. The molecule has 5 heteroatoms. The van der Waals surface area contributed by atoms with Crippen molar-refractivity contribution >= 4 is 11.3 Å². The number of aromatic nitrogens is 1. The molecule has 2 aromatic heterocycles. The summed E-state index contributed by atoms with van der Waals surface area (Å²) in [6.07, 6.45) is 6.52. The minimum absolute atomic E-state index is 0.215. The number of piperidine rings is 1. The van der Waals surface area contributed by atoms with Crippen LogP contribution in [0, 0.1) is 12.8 Å². The molecule has 3 atom stereocenters. The van der Waals surface area contributed by atoms with Crippen LogP contribution in [0.1, 0.15) is 35.2 Å². The van der Waals surface area contributed by atoms with Gasteiger partial charge in [-0.1, -0.05) is 0 Å². The maximum absolute atomic E-state index is 6.30. The van der Waals surface area contributed by atoms with Crippen LogP contribution in [0.5, 0.6) is 0 Å². The maximum Gasteiger partial charge on any atom is 0.122 e. The standard InChI is InChI=1S/C16H20N2O2S/c1-11-10-21-16(17-11)14-6-13-2-4-18(8-15(13)20-14)7-12-3-5-19-9-12/h3,5,9-10,13-15H,2,4,6-8H2,1H3/t13-,14+,15+/m1/s1. The van der Waals surface area contributed by atoms with Crippen molar-refractivity contribution in [1.82, 2.24) is 9.88 Å². The molecule has 0 aliphatic carbocycles. The van der Waals surface area contributed by atoms with Gasteiger partial charge in [0.15, 0.2) is 0 Å². The number of likely N-dealkylation sites (tertiary alicyclic amines) is 1. The van der Waals surface area contributed by atoms with Crippen molar-refractivity contribution in [3.63, 3.8) is 0 Å². The molecule has 2 aliphatic heterocycles. The Labute approximate surface area is 128 Å². The van der Waals surface area contributed by atoms with Gasteiger partial charge in [0.05, 0.1) is 18.6 Å². The topological polar surface area (TPSA) is 38.5 Å². The van der Waals surface area contributed by atoms with Crippen molar-refractivity contribution in [2.24, 2.45) is 5.92 Å². The minimum Gasteiger partial charge on any atom is -0.472 e. The number of furan rings is 1. The molecule has 2 fully saturated rings. The van der Waals surface area contributed by atoms with E-state index in [1.807, 2.05) is 12.3 Å². The summed E-state index contributed by atoms with van der Waals surface area (Å²) in [6.45, 7) is 5.19. The molecule has 0 spiro atoms. The van der Waals surface area contributed by atoms with Crippen LogP contribution in [-0.2, 0) is 11.3 Å². The molecule has 112 valence electrons. The van der Waals surface area contributed by atoms with Crippen molar-refractivity contribution in [2.75, 3.05) is 13.1 Å². The Morgan fingerprint density at radius 2 is 2.43 bits per heavy atom. The minimum atomic E-state index is 0.215. The number of aryl methyl sites for hydroxylation is 1. The highest BCUT2D eigenvalue weighted by Crippen LogP contribution is 2.41. The lowest BCUT2D eigenvalue weighted by atomic mass is 9.92. The fraction of sp³-hybridized carbons (Fsp3) is 0.562. The van der Waals surface area contributed by atoms with Crippen molar-refractivity contribution < 1.29 is 9.15 Å². The van der Waals surface area contributed by atoms with Gasteiger partial charge >= 0.3 is 0 Å². The van der Waals surface area contributed by atoms with E-state index in [0.29, 0.717) is 12.0 Å². The molecule has 0 saturated carbocycles. The van der Waals surface area contributed by atoms with E-state index < -0.39 is 0 Å². The molecule has 2 saturated heterocycles. The van der Waals surface area contributed by atoms with Crippen molar-refractivity contribution in [3.8, 4) is 0 Å². The molecule has 0 bridgehead atoms. The Morgan fingerprint density at radius 1 is 1.48 bits per heavy atom. The van der Waals surface area contributed by atoms with E-state index in [9.17, 15) is 0 Å². The maximum atomic E-state index is 6.30. The van der Waals surface area contributed by atoms with Crippen LogP contribution in [0.25, 0.3) is 0 Å². The van der Waals surface area contributed by atoms with Crippen molar-refractivity contribution in [1.29, 1.82) is 0 Å². The highest BCUT2D eigenvalue weighted by atomic mass is 32.1. The zero-order valence-electron chi connectivity index (χ0n) is 12.2. The van der Waals surface area contributed by atoms with E-state index in [1.54, 1.807) is 17.6 Å². The number of hydrogen-bond acceptors (Lipinski definition) is 5. The first-order valence-corrected chi connectivity index (χ1v) is 8.47. The summed E-state index contributed by atoms with van der Waals surface area (Å²) in [5.74, 6) is 0.694. The van der Waals surface area contributed by atoms with Gasteiger partial charge in [-0.2, -0.15) is 0 Å². The first kappa shape index (κ1) is 13.5. The summed E-state index contributed by atoms with van der Waals surface area (Å²) in [6, 6.07) is 2.04. The van der Waals surface area contributed by atoms with Crippen LogP contribution in [0.15, 0.2) is 28.4 Å². The van der Waals surface area contributed by atoms with Gasteiger partial charge in [0, 0.05) is 29.7 Å². The van der Waals surface area contributed by atoms with E-state index in [2.05, 4.69) is 22.2 Å². The Balaban J connectivity index is 1.40. The highest BCUT2D eigenvalue weighted by Gasteiger charge is 2.40. The number of rotatable bonds is 3. The van der Waals surface area contributed by atoms with E-state index in [4.69, 9.17) is 9.15 Å². The third kappa shape index (κ3) is 2.78. The van der Waals surface area contributed by atoms with Gasteiger partial charge in [-0.15, -0.1) is 11.3 Å². The quantitative estimate of drug-likeness (QED) is 0.871. The van der Waals surface area contributed by atoms with Gasteiger partial charge in [0.25, 0.3) is 0 Å². The summed E-state index contributed by atoms with van der Waals surface area (Å²) in [5, 5.41) is 3.27. The van der Waals surface area contributed by atoms with E-state index >= 15 is 0 Å². The highest BCUT2D eigenvalue weighted by molar-refractivity contribution is 7.09. The molecule has 4 nitrogen and oxygen atoms in total. The van der Waals surface area contributed by atoms with Gasteiger partial charge < -0.3 is 9.15 Å². The molecule has 4 rings (SSSR count). The Hall–Kier alpha value is -1.17. The second kappa shape index (κ2) is 5.55. The van der Waals surface area contributed by atoms with Crippen LogP contribution in [0.2, 0.25) is 0 Å². The summed E-state index contributed by atoms with van der Waals surface area (Å²) in [7, 11) is 0. The molecule has 0 radical (unpaired) electrons. The molecule has 0 aromatic carbocycles. The lowest BCUT2D eigenvalue weighted by molar-refractivity contribution is -0.00945. The molecular formula is C16H20N2O2S. The van der Waals surface area contributed by atoms with E-state index in [0.717, 1.165) is 36.8 Å². The molecule has 2 aliphatic rings. The Morgan fingerprint density at radius 3 is 3.19 bits per heavy atom. The zero-order valence-corrected chi connectivity index (χ0v) is 13.0. The predicted molar refractivity (Wildman–Crippen MR) is 81.2 cm³/mol. The average Bonchev–Trinajstić information content (AvgIpc) is 3.18. The molecule has 2 aromatic rings. The predicted octanol–water partition coefficient (Wildman–Crippen LogP) is 3.40. The molecule has 21 heavy (non-hydrogen) atoms. The lowest BCUT2D eigenvalue weighted by Gasteiger charge is -2.33. The number of hydrogen-bond donors (Lipinski definition) is 0. The van der Waals surface area contributed by atoms with E-state index in [-0.39, 0.29) is 6.10 Å². The monoisotopic (exact) mass is 304 g/mol. The molecule has 0 N–H and O–H groups in total. The summed E-state index contributed by atoms with van der Waals surface area (Å²) >= 11 is 1.73. The number of ether oxygens (including phenoxy) is 1. The molecule has 4 heterocycles. The van der Waals surface area contributed by atoms with Crippen LogP contribution in [0.3, 0.4) is 0 Å². The molecule has 0 unspecified atom stereocenters.